The predicted molar refractivity (Wildman–Crippen MR) is 68.0 cm³/mol. The lowest BCUT2D eigenvalue weighted by atomic mass is 10.1. The van der Waals surface area contributed by atoms with Crippen LogP contribution >= 0.6 is 0 Å². The van der Waals surface area contributed by atoms with Crippen molar-refractivity contribution in [3.8, 4) is 0 Å². The number of hydrogen-bond donors (Lipinski definition) is 1. The third-order valence-corrected chi connectivity index (χ3v) is 2.74. The van der Waals surface area contributed by atoms with Crippen LogP contribution in [-0.2, 0) is 16.1 Å². The number of unbranched alkanes of at least 4 members (excludes halogenated alkanes) is 1. The van der Waals surface area contributed by atoms with Crippen LogP contribution in [0.25, 0.3) is 0 Å². The lowest BCUT2D eigenvalue weighted by molar-refractivity contribution is -0.144. The number of nitrogens with zero attached hydrogens (tertiary/aromatic N) is 2. The first-order valence-electron chi connectivity index (χ1n) is 6.53. The van der Waals surface area contributed by atoms with Crippen LogP contribution < -0.4 is 0 Å². The Morgan fingerprint density at radius 1 is 1.56 bits per heavy atom. The Kier molecular flexibility index (Phi) is 6.43. The van der Waals surface area contributed by atoms with E-state index >= 15 is 0 Å². The number of aromatic nitrogens is 2. The monoisotopic (exact) mass is 254 g/mol. The molecule has 0 aliphatic heterocycles. The minimum absolute atomic E-state index is 0.238. The summed E-state index contributed by atoms with van der Waals surface area (Å²) in [6.45, 7) is 5.27. The van der Waals surface area contributed by atoms with Gasteiger partial charge in [-0.3, -0.25) is 9.48 Å². The molecule has 0 saturated heterocycles. The second-order valence-electron chi connectivity index (χ2n) is 4.26. The molecule has 1 atom stereocenters. The maximum absolute atomic E-state index is 11.4. The average Bonchev–Trinajstić information content (AvgIpc) is 2.85. The summed E-state index contributed by atoms with van der Waals surface area (Å²) in [5.74, 6) is -0.245. The van der Waals surface area contributed by atoms with Gasteiger partial charge in [-0.15, -0.1) is 0 Å². The van der Waals surface area contributed by atoms with Crippen molar-refractivity contribution >= 4 is 5.97 Å². The maximum Gasteiger partial charge on any atom is 0.305 e. The number of ether oxygens (including phenoxy) is 1. The standard InChI is InChI=1S/C13H22N2O3/c1-3-5-8-18-13(17)7-6-12(16)11-9-14-15(4-2)10-11/h9-10,12,16H,3-8H2,1-2H3. The van der Waals surface area contributed by atoms with Crippen LogP contribution in [0, 0.1) is 0 Å². The molecule has 0 aliphatic carbocycles. The van der Waals surface area contributed by atoms with Crippen LogP contribution in [0.3, 0.4) is 0 Å². The van der Waals surface area contributed by atoms with Crippen molar-refractivity contribution < 1.29 is 14.6 Å². The first-order chi connectivity index (χ1) is 8.67. The molecule has 18 heavy (non-hydrogen) atoms. The number of aliphatic hydroxyl groups excluding tert-OH is 1. The fraction of sp³-hybridized carbons (Fsp3) is 0.692. The van der Waals surface area contributed by atoms with E-state index in [1.165, 1.54) is 0 Å². The molecule has 1 aromatic rings. The Hall–Kier alpha value is -1.36. The van der Waals surface area contributed by atoms with Gasteiger partial charge in [0, 0.05) is 24.7 Å². The molecule has 0 amide bonds. The Bertz CT molecular complexity index is 363. The highest BCUT2D eigenvalue weighted by molar-refractivity contribution is 5.69. The van der Waals surface area contributed by atoms with Crippen LogP contribution in [0.5, 0.6) is 0 Å². The largest absolute Gasteiger partial charge is 0.466 e. The summed E-state index contributed by atoms with van der Waals surface area (Å²) in [7, 11) is 0. The smallest absolute Gasteiger partial charge is 0.305 e. The summed E-state index contributed by atoms with van der Waals surface area (Å²) in [6.07, 6.45) is 5.29. The molecular formula is C13H22N2O3. The molecule has 1 heterocycles. The zero-order valence-electron chi connectivity index (χ0n) is 11.1. The Morgan fingerprint density at radius 2 is 2.33 bits per heavy atom. The molecule has 1 unspecified atom stereocenters. The van der Waals surface area contributed by atoms with Crippen LogP contribution in [0.1, 0.15) is 51.2 Å². The number of carbonyl (C=O) groups is 1. The van der Waals surface area contributed by atoms with Crippen LogP contribution in [0.2, 0.25) is 0 Å². The Morgan fingerprint density at radius 3 is 2.94 bits per heavy atom. The number of aliphatic hydroxyl groups is 1. The molecule has 0 saturated carbocycles. The van der Waals surface area contributed by atoms with E-state index in [4.69, 9.17) is 4.74 Å². The van der Waals surface area contributed by atoms with Crippen molar-refractivity contribution in [2.24, 2.45) is 0 Å². The van der Waals surface area contributed by atoms with Crippen LogP contribution in [-0.4, -0.2) is 27.5 Å². The summed E-state index contributed by atoms with van der Waals surface area (Å²) >= 11 is 0. The van der Waals surface area contributed by atoms with E-state index in [9.17, 15) is 9.90 Å². The van der Waals surface area contributed by atoms with E-state index in [-0.39, 0.29) is 12.4 Å². The predicted octanol–water partition coefficient (Wildman–Crippen LogP) is 2.06. The van der Waals surface area contributed by atoms with Gasteiger partial charge in [0.15, 0.2) is 0 Å². The van der Waals surface area contributed by atoms with Gasteiger partial charge in [0.2, 0.25) is 0 Å². The minimum atomic E-state index is -0.649. The van der Waals surface area contributed by atoms with Gasteiger partial charge in [0.05, 0.1) is 18.9 Å². The van der Waals surface area contributed by atoms with E-state index in [0.717, 1.165) is 24.9 Å². The van der Waals surface area contributed by atoms with Gasteiger partial charge < -0.3 is 9.84 Å². The highest BCUT2D eigenvalue weighted by Gasteiger charge is 2.12. The molecule has 0 aliphatic rings. The Labute approximate surface area is 108 Å². The summed E-state index contributed by atoms with van der Waals surface area (Å²) in [6, 6.07) is 0. The Balaban J connectivity index is 2.27. The molecule has 5 heteroatoms. The average molecular weight is 254 g/mol. The molecular weight excluding hydrogens is 232 g/mol. The van der Waals surface area contributed by atoms with Crippen molar-refractivity contribution in [3.05, 3.63) is 18.0 Å². The second-order valence-corrected chi connectivity index (χ2v) is 4.26. The maximum atomic E-state index is 11.4. The van der Waals surface area contributed by atoms with Gasteiger partial charge in [0.25, 0.3) is 0 Å². The molecule has 5 nitrogen and oxygen atoms in total. The lowest BCUT2D eigenvalue weighted by Gasteiger charge is -2.08. The molecule has 1 aromatic heterocycles. The number of esters is 1. The van der Waals surface area contributed by atoms with E-state index in [1.54, 1.807) is 17.1 Å². The van der Waals surface area contributed by atoms with Crippen molar-refractivity contribution in [2.45, 2.75) is 52.2 Å². The quantitative estimate of drug-likeness (QED) is 0.569. The fourth-order valence-electron chi connectivity index (χ4n) is 1.55. The van der Waals surface area contributed by atoms with Gasteiger partial charge in [-0.25, -0.2) is 0 Å². The van der Waals surface area contributed by atoms with Crippen LogP contribution in [0.15, 0.2) is 12.4 Å². The normalized spacial score (nSPS) is 12.4. The minimum Gasteiger partial charge on any atom is -0.466 e. The SMILES string of the molecule is CCCCOC(=O)CCC(O)c1cnn(CC)c1. The topological polar surface area (TPSA) is 64.3 Å². The molecule has 0 aromatic carbocycles. The van der Waals surface area contributed by atoms with E-state index in [2.05, 4.69) is 5.10 Å². The molecule has 0 radical (unpaired) electrons. The lowest BCUT2D eigenvalue weighted by Crippen LogP contribution is -2.08. The first kappa shape index (κ1) is 14.7. The van der Waals surface area contributed by atoms with Gasteiger partial charge in [0.1, 0.15) is 0 Å². The molecule has 0 spiro atoms. The molecule has 1 N–H and O–H groups in total. The van der Waals surface area contributed by atoms with Gasteiger partial charge in [-0.2, -0.15) is 5.10 Å². The van der Waals surface area contributed by atoms with Gasteiger partial charge in [-0.05, 0) is 19.8 Å². The van der Waals surface area contributed by atoms with Crippen LogP contribution in [0.4, 0.5) is 0 Å². The highest BCUT2D eigenvalue weighted by atomic mass is 16.5. The number of carbonyl (C=O) groups excluding carboxylic acids is 1. The van der Waals surface area contributed by atoms with Crippen molar-refractivity contribution in [1.29, 1.82) is 0 Å². The third kappa shape index (κ3) is 4.87. The summed E-state index contributed by atoms with van der Waals surface area (Å²) < 4.78 is 6.77. The van der Waals surface area contributed by atoms with E-state index in [1.807, 2.05) is 13.8 Å². The summed E-state index contributed by atoms with van der Waals surface area (Å²) in [5.41, 5.74) is 0.748. The first-order valence-corrected chi connectivity index (χ1v) is 6.53. The van der Waals surface area contributed by atoms with E-state index in [0.29, 0.717) is 13.0 Å². The van der Waals surface area contributed by atoms with Crippen molar-refractivity contribution in [3.63, 3.8) is 0 Å². The molecule has 102 valence electrons. The zero-order chi connectivity index (χ0) is 13.4. The van der Waals surface area contributed by atoms with Gasteiger partial charge >= 0.3 is 5.97 Å². The van der Waals surface area contributed by atoms with Crippen molar-refractivity contribution in [2.75, 3.05) is 6.61 Å². The third-order valence-electron chi connectivity index (χ3n) is 2.74. The summed E-state index contributed by atoms with van der Waals surface area (Å²) in [5, 5.41) is 14.0. The number of hydrogen-bond acceptors (Lipinski definition) is 4. The second kappa shape index (κ2) is 7.87. The summed E-state index contributed by atoms with van der Waals surface area (Å²) in [4.78, 5) is 11.4. The number of aryl methyl sites for hydroxylation is 1. The highest BCUT2D eigenvalue weighted by Crippen LogP contribution is 2.17. The molecule has 0 fully saturated rings. The van der Waals surface area contributed by atoms with Crippen molar-refractivity contribution in [1.82, 2.24) is 9.78 Å². The zero-order valence-corrected chi connectivity index (χ0v) is 11.1. The van der Waals surface area contributed by atoms with Gasteiger partial charge in [-0.1, -0.05) is 13.3 Å². The van der Waals surface area contributed by atoms with E-state index < -0.39 is 6.10 Å². The number of rotatable bonds is 8. The molecule has 0 bridgehead atoms. The molecule has 1 rings (SSSR count). The fourth-order valence-corrected chi connectivity index (χ4v) is 1.55.